The first-order valence-corrected chi connectivity index (χ1v) is 10.9. The van der Waals surface area contributed by atoms with E-state index in [4.69, 9.17) is 4.74 Å². The van der Waals surface area contributed by atoms with E-state index in [0.29, 0.717) is 6.54 Å². The van der Waals surface area contributed by atoms with Crippen molar-refractivity contribution in [3.05, 3.63) is 35.9 Å². The Hall–Kier alpha value is -2.41. The second kappa shape index (κ2) is 13.0. The number of nitrogens with one attached hydrogen (secondary N) is 2. The summed E-state index contributed by atoms with van der Waals surface area (Å²) < 4.78 is 4.82. The SMILES string of the molecule is COC(=O)[C@H](Cc1ccccc1)NC(=O)[C@H](CC(=O)O)NCCCC1CCCCC1. The lowest BCUT2D eigenvalue weighted by atomic mass is 9.86. The van der Waals surface area contributed by atoms with Gasteiger partial charge in [-0.3, -0.25) is 9.59 Å². The number of hydrogen-bond donors (Lipinski definition) is 3. The van der Waals surface area contributed by atoms with E-state index in [1.54, 1.807) is 0 Å². The number of aliphatic carboxylic acids is 1. The van der Waals surface area contributed by atoms with E-state index in [-0.39, 0.29) is 12.8 Å². The molecule has 0 unspecified atom stereocenters. The van der Waals surface area contributed by atoms with Crippen LogP contribution in [-0.2, 0) is 25.5 Å². The van der Waals surface area contributed by atoms with Gasteiger partial charge in [0.25, 0.3) is 0 Å². The second-order valence-corrected chi connectivity index (χ2v) is 8.02. The van der Waals surface area contributed by atoms with Gasteiger partial charge in [-0.2, -0.15) is 0 Å². The van der Waals surface area contributed by atoms with Crippen LogP contribution < -0.4 is 10.6 Å². The lowest BCUT2D eigenvalue weighted by Gasteiger charge is -2.23. The van der Waals surface area contributed by atoms with Gasteiger partial charge < -0.3 is 20.5 Å². The van der Waals surface area contributed by atoms with E-state index in [1.807, 2.05) is 30.3 Å². The van der Waals surface area contributed by atoms with Crippen LogP contribution in [0.3, 0.4) is 0 Å². The Balaban J connectivity index is 1.90. The molecule has 2 rings (SSSR count). The minimum absolute atomic E-state index is 0.278. The summed E-state index contributed by atoms with van der Waals surface area (Å²) in [4.78, 5) is 36.2. The molecule has 3 N–H and O–H groups in total. The van der Waals surface area contributed by atoms with Crippen LogP contribution in [0.15, 0.2) is 30.3 Å². The predicted molar refractivity (Wildman–Crippen MR) is 114 cm³/mol. The summed E-state index contributed by atoms with van der Waals surface area (Å²) in [5.74, 6) is -1.38. The molecule has 0 heterocycles. The topological polar surface area (TPSA) is 105 Å². The first-order chi connectivity index (χ1) is 14.5. The summed E-state index contributed by atoms with van der Waals surface area (Å²) in [5.41, 5.74) is 0.878. The molecule has 1 aliphatic carbocycles. The van der Waals surface area contributed by atoms with Gasteiger partial charge in [0.15, 0.2) is 0 Å². The summed E-state index contributed by atoms with van der Waals surface area (Å²) in [6.07, 6.45) is 8.36. The number of hydrogen-bond acceptors (Lipinski definition) is 5. The number of esters is 1. The normalized spacial score (nSPS) is 16.4. The Kier molecular flexibility index (Phi) is 10.3. The van der Waals surface area contributed by atoms with Gasteiger partial charge in [0.05, 0.1) is 19.6 Å². The fraction of sp³-hybridized carbons (Fsp3) is 0.609. The van der Waals surface area contributed by atoms with Crippen molar-refractivity contribution in [2.45, 2.75) is 69.9 Å². The average molecular weight is 419 g/mol. The first kappa shape index (κ1) is 23.9. The van der Waals surface area contributed by atoms with Crippen LogP contribution in [0.5, 0.6) is 0 Å². The standard InChI is InChI=1S/C23H34N2O5/c1-30-23(29)20(15-18-11-6-3-7-12-18)25-22(28)19(16-21(26)27)24-14-8-13-17-9-4-2-5-10-17/h3,6-7,11-12,17,19-20,24H,2,4-5,8-10,13-16H2,1H3,(H,25,28)(H,26,27)/t19-,20-/m0/s1. The minimum atomic E-state index is -1.06. The molecule has 0 aromatic heterocycles. The third-order valence-electron chi connectivity index (χ3n) is 5.68. The van der Waals surface area contributed by atoms with Gasteiger partial charge in [0.2, 0.25) is 5.91 Å². The maximum absolute atomic E-state index is 12.8. The number of methoxy groups -OCH3 is 1. The fourth-order valence-electron chi connectivity index (χ4n) is 4.03. The van der Waals surface area contributed by atoms with Crippen LogP contribution >= 0.6 is 0 Å². The Morgan fingerprint density at radius 1 is 1.10 bits per heavy atom. The number of carbonyl (C=O) groups is 3. The lowest BCUT2D eigenvalue weighted by Crippen LogP contribution is -2.52. The molecule has 7 nitrogen and oxygen atoms in total. The molecule has 0 spiro atoms. The van der Waals surface area contributed by atoms with Crippen LogP contribution in [0.2, 0.25) is 0 Å². The van der Waals surface area contributed by atoms with E-state index in [2.05, 4.69) is 10.6 Å². The number of rotatable bonds is 12. The zero-order valence-electron chi connectivity index (χ0n) is 17.8. The van der Waals surface area contributed by atoms with Gasteiger partial charge in [0.1, 0.15) is 6.04 Å². The second-order valence-electron chi connectivity index (χ2n) is 8.02. The zero-order chi connectivity index (χ0) is 21.8. The summed E-state index contributed by atoms with van der Waals surface area (Å²) in [7, 11) is 1.27. The number of amides is 1. The molecule has 2 atom stereocenters. The van der Waals surface area contributed by atoms with Crippen molar-refractivity contribution in [2.24, 2.45) is 5.92 Å². The van der Waals surface area contributed by atoms with Crippen LogP contribution in [-0.4, -0.2) is 48.7 Å². The molecule has 1 aliphatic rings. The highest BCUT2D eigenvalue weighted by Crippen LogP contribution is 2.27. The third kappa shape index (κ3) is 8.53. The Bertz CT molecular complexity index is 673. The van der Waals surface area contributed by atoms with E-state index in [1.165, 1.54) is 39.2 Å². The number of ether oxygens (including phenoxy) is 1. The first-order valence-electron chi connectivity index (χ1n) is 10.9. The maximum Gasteiger partial charge on any atom is 0.328 e. The third-order valence-corrected chi connectivity index (χ3v) is 5.68. The molecule has 1 aromatic rings. The molecular formula is C23H34N2O5. The molecule has 0 saturated heterocycles. The van der Waals surface area contributed by atoms with Gasteiger partial charge in [0, 0.05) is 6.42 Å². The zero-order valence-corrected chi connectivity index (χ0v) is 17.8. The van der Waals surface area contributed by atoms with Crippen LogP contribution in [0.4, 0.5) is 0 Å². The predicted octanol–water partition coefficient (Wildman–Crippen LogP) is 2.68. The number of carboxylic acids is 1. The summed E-state index contributed by atoms with van der Waals surface area (Å²) in [5, 5.41) is 15.0. The van der Waals surface area contributed by atoms with Crippen molar-refractivity contribution in [1.82, 2.24) is 10.6 Å². The van der Waals surface area contributed by atoms with Crippen molar-refractivity contribution >= 4 is 17.8 Å². The molecule has 1 aromatic carbocycles. The summed E-state index contributed by atoms with van der Waals surface area (Å²) >= 11 is 0. The number of carbonyl (C=O) groups excluding carboxylic acids is 2. The fourth-order valence-corrected chi connectivity index (χ4v) is 4.03. The molecular weight excluding hydrogens is 384 g/mol. The van der Waals surface area contributed by atoms with Crippen molar-refractivity contribution in [2.75, 3.05) is 13.7 Å². The van der Waals surface area contributed by atoms with Crippen LogP contribution in [0.25, 0.3) is 0 Å². The lowest BCUT2D eigenvalue weighted by molar-refractivity contribution is -0.145. The average Bonchev–Trinajstić information content (AvgIpc) is 2.76. The van der Waals surface area contributed by atoms with E-state index in [9.17, 15) is 19.5 Å². The molecule has 1 fully saturated rings. The smallest absolute Gasteiger partial charge is 0.328 e. The van der Waals surface area contributed by atoms with Crippen molar-refractivity contribution in [1.29, 1.82) is 0 Å². The van der Waals surface area contributed by atoms with Gasteiger partial charge in [-0.1, -0.05) is 62.4 Å². The maximum atomic E-state index is 12.8. The quantitative estimate of drug-likeness (QED) is 0.356. The van der Waals surface area contributed by atoms with Crippen LogP contribution in [0, 0.1) is 5.92 Å². The van der Waals surface area contributed by atoms with E-state index < -0.39 is 29.9 Å². The minimum Gasteiger partial charge on any atom is -0.481 e. The number of carboxylic acid groups (broad SMARTS) is 1. The van der Waals surface area contributed by atoms with Crippen LogP contribution in [0.1, 0.15) is 56.9 Å². The highest BCUT2D eigenvalue weighted by atomic mass is 16.5. The summed E-state index contributed by atoms with van der Waals surface area (Å²) in [6.45, 7) is 0.573. The molecule has 0 radical (unpaired) electrons. The largest absolute Gasteiger partial charge is 0.481 e. The molecule has 166 valence electrons. The van der Waals surface area contributed by atoms with Gasteiger partial charge in [-0.25, -0.2) is 4.79 Å². The Labute approximate surface area is 178 Å². The highest BCUT2D eigenvalue weighted by Gasteiger charge is 2.27. The van der Waals surface area contributed by atoms with Crippen molar-refractivity contribution < 1.29 is 24.2 Å². The number of benzene rings is 1. The molecule has 0 aliphatic heterocycles. The van der Waals surface area contributed by atoms with Gasteiger partial charge in [-0.15, -0.1) is 0 Å². The molecule has 1 saturated carbocycles. The molecule has 30 heavy (non-hydrogen) atoms. The van der Waals surface area contributed by atoms with Gasteiger partial charge >= 0.3 is 11.9 Å². The summed E-state index contributed by atoms with van der Waals surface area (Å²) in [6, 6.07) is 7.54. The van der Waals surface area contributed by atoms with E-state index >= 15 is 0 Å². The molecule has 7 heteroatoms. The molecule has 0 bridgehead atoms. The monoisotopic (exact) mass is 418 g/mol. The Morgan fingerprint density at radius 3 is 2.43 bits per heavy atom. The highest BCUT2D eigenvalue weighted by molar-refractivity contribution is 5.90. The molecule has 1 amide bonds. The van der Waals surface area contributed by atoms with Gasteiger partial charge in [-0.05, 0) is 30.9 Å². The van der Waals surface area contributed by atoms with Crippen molar-refractivity contribution in [3.63, 3.8) is 0 Å². The van der Waals surface area contributed by atoms with Crippen molar-refractivity contribution in [3.8, 4) is 0 Å². The van der Waals surface area contributed by atoms with E-state index in [0.717, 1.165) is 24.3 Å². The Morgan fingerprint density at radius 2 is 1.80 bits per heavy atom.